The molecule has 0 bridgehead atoms. The first-order valence-electron chi connectivity index (χ1n) is 6.07. The Hall–Kier alpha value is -1.16. The zero-order valence-electron chi connectivity index (χ0n) is 11.5. The highest BCUT2D eigenvalue weighted by atomic mass is 15.0. The van der Waals surface area contributed by atoms with E-state index in [-0.39, 0.29) is 11.5 Å². The molecule has 0 fully saturated rings. The summed E-state index contributed by atoms with van der Waals surface area (Å²) in [5, 5.41) is 3.24. The lowest BCUT2D eigenvalue weighted by Crippen LogP contribution is -2.33. The van der Waals surface area contributed by atoms with Crippen LogP contribution in [0.4, 0.5) is 5.82 Å². The zero-order chi connectivity index (χ0) is 13.1. The van der Waals surface area contributed by atoms with Crippen LogP contribution in [-0.2, 0) is 0 Å². The van der Waals surface area contributed by atoms with Crippen LogP contribution >= 0.6 is 0 Å². The summed E-state index contributed by atoms with van der Waals surface area (Å²) in [6.45, 7) is 11.2. The standard InChI is InChI=1S/C13H24N4/c1-9-10(2)17-12(8-15-9)16-7-11(14)6-13(3,4)5/h8,11H,6-7,14H2,1-5H3,(H,16,17). The molecule has 0 radical (unpaired) electrons. The minimum Gasteiger partial charge on any atom is -0.367 e. The van der Waals surface area contributed by atoms with E-state index < -0.39 is 0 Å². The van der Waals surface area contributed by atoms with Crippen LogP contribution in [0.1, 0.15) is 38.6 Å². The third kappa shape index (κ3) is 5.13. The van der Waals surface area contributed by atoms with Crippen molar-refractivity contribution in [3.05, 3.63) is 17.6 Å². The molecule has 1 aromatic heterocycles. The first-order chi connectivity index (χ1) is 7.78. The summed E-state index contributed by atoms with van der Waals surface area (Å²) >= 11 is 0. The molecule has 1 atom stereocenters. The molecule has 17 heavy (non-hydrogen) atoms. The Bertz CT molecular complexity index is 368. The summed E-state index contributed by atoms with van der Waals surface area (Å²) in [4.78, 5) is 8.68. The molecule has 0 aromatic carbocycles. The second-order valence-electron chi connectivity index (χ2n) is 5.83. The summed E-state index contributed by atoms with van der Waals surface area (Å²) in [7, 11) is 0. The Balaban J connectivity index is 2.47. The van der Waals surface area contributed by atoms with E-state index in [0.29, 0.717) is 0 Å². The third-order valence-corrected chi connectivity index (χ3v) is 2.61. The molecule has 1 aromatic rings. The molecule has 0 spiro atoms. The average molecular weight is 236 g/mol. The van der Waals surface area contributed by atoms with Crippen LogP contribution in [0, 0.1) is 19.3 Å². The van der Waals surface area contributed by atoms with E-state index in [1.807, 2.05) is 13.8 Å². The number of hydrogen-bond acceptors (Lipinski definition) is 4. The number of anilines is 1. The highest BCUT2D eigenvalue weighted by Gasteiger charge is 2.15. The van der Waals surface area contributed by atoms with Crippen LogP contribution in [0.2, 0.25) is 0 Å². The Morgan fingerprint density at radius 1 is 1.29 bits per heavy atom. The third-order valence-electron chi connectivity index (χ3n) is 2.61. The Morgan fingerprint density at radius 2 is 1.94 bits per heavy atom. The summed E-state index contributed by atoms with van der Waals surface area (Å²) in [6, 6.07) is 0.137. The van der Waals surface area contributed by atoms with Crippen LogP contribution in [0.5, 0.6) is 0 Å². The highest BCUT2D eigenvalue weighted by molar-refractivity contribution is 5.33. The molecule has 4 heteroatoms. The van der Waals surface area contributed by atoms with Crippen LogP contribution < -0.4 is 11.1 Å². The number of nitrogens with one attached hydrogen (secondary N) is 1. The van der Waals surface area contributed by atoms with Crippen LogP contribution in [0.15, 0.2) is 6.20 Å². The summed E-state index contributed by atoms with van der Waals surface area (Å²) in [6.07, 6.45) is 2.74. The van der Waals surface area contributed by atoms with E-state index in [9.17, 15) is 0 Å². The Kier molecular flexibility index (Phi) is 4.46. The second kappa shape index (κ2) is 5.45. The maximum Gasteiger partial charge on any atom is 0.144 e. The van der Waals surface area contributed by atoms with Crippen molar-refractivity contribution in [1.29, 1.82) is 0 Å². The van der Waals surface area contributed by atoms with Gasteiger partial charge in [0.25, 0.3) is 0 Å². The van der Waals surface area contributed by atoms with Gasteiger partial charge < -0.3 is 11.1 Å². The molecular weight excluding hydrogens is 212 g/mol. The van der Waals surface area contributed by atoms with Crippen molar-refractivity contribution < 1.29 is 0 Å². The molecule has 0 saturated carbocycles. The quantitative estimate of drug-likeness (QED) is 0.841. The van der Waals surface area contributed by atoms with E-state index in [1.165, 1.54) is 0 Å². The van der Waals surface area contributed by atoms with Crippen molar-refractivity contribution in [3.8, 4) is 0 Å². The van der Waals surface area contributed by atoms with Gasteiger partial charge in [0.05, 0.1) is 17.6 Å². The SMILES string of the molecule is Cc1ncc(NCC(N)CC(C)(C)C)nc1C. The van der Waals surface area contributed by atoms with Crippen molar-refractivity contribution in [3.63, 3.8) is 0 Å². The van der Waals surface area contributed by atoms with Gasteiger partial charge in [0, 0.05) is 12.6 Å². The molecule has 1 heterocycles. The maximum atomic E-state index is 6.06. The minimum absolute atomic E-state index is 0.137. The Labute approximate surface area is 104 Å². The molecule has 0 amide bonds. The predicted molar refractivity (Wildman–Crippen MR) is 72.0 cm³/mol. The summed E-state index contributed by atoms with van der Waals surface area (Å²) in [5.41, 5.74) is 8.25. The number of aryl methyl sites for hydroxylation is 2. The van der Waals surface area contributed by atoms with Gasteiger partial charge in [0.2, 0.25) is 0 Å². The zero-order valence-corrected chi connectivity index (χ0v) is 11.5. The van der Waals surface area contributed by atoms with E-state index in [1.54, 1.807) is 6.20 Å². The molecule has 0 aliphatic heterocycles. The molecule has 0 aliphatic rings. The van der Waals surface area contributed by atoms with Crippen molar-refractivity contribution >= 4 is 5.82 Å². The molecule has 0 saturated heterocycles. The first-order valence-corrected chi connectivity index (χ1v) is 6.07. The fourth-order valence-corrected chi connectivity index (χ4v) is 1.72. The van der Waals surface area contributed by atoms with Crippen LogP contribution in [0.3, 0.4) is 0 Å². The predicted octanol–water partition coefficient (Wildman–Crippen LogP) is 2.27. The topological polar surface area (TPSA) is 63.8 Å². The van der Waals surface area contributed by atoms with Gasteiger partial charge in [-0.15, -0.1) is 0 Å². The molecule has 1 unspecified atom stereocenters. The lowest BCUT2D eigenvalue weighted by atomic mass is 9.88. The maximum absolute atomic E-state index is 6.06. The van der Waals surface area contributed by atoms with Crippen molar-refractivity contribution in [2.24, 2.45) is 11.1 Å². The molecular formula is C13H24N4. The smallest absolute Gasteiger partial charge is 0.144 e. The number of rotatable bonds is 4. The molecule has 3 N–H and O–H groups in total. The van der Waals surface area contributed by atoms with Gasteiger partial charge in [0.15, 0.2) is 0 Å². The van der Waals surface area contributed by atoms with Crippen molar-refractivity contribution in [2.75, 3.05) is 11.9 Å². The van der Waals surface area contributed by atoms with E-state index in [0.717, 1.165) is 30.2 Å². The second-order valence-corrected chi connectivity index (χ2v) is 5.83. The number of aromatic nitrogens is 2. The van der Waals surface area contributed by atoms with E-state index in [2.05, 4.69) is 36.1 Å². The van der Waals surface area contributed by atoms with E-state index >= 15 is 0 Å². The van der Waals surface area contributed by atoms with Gasteiger partial charge in [-0.3, -0.25) is 4.98 Å². The lowest BCUT2D eigenvalue weighted by Gasteiger charge is -2.23. The fraction of sp³-hybridized carbons (Fsp3) is 0.692. The van der Waals surface area contributed by atoms with Gasteiger partial charge in [-0.2, -0.15) is 0 Å². The first kappa shape index (κ1) is 13.9. The molecule has 96 valence electrons. The lowest BCUT2D eigenvalue weighted by molar-refractivity contribution is 0.344. The molecule has 0 aliphatic carbocycles. The van der Waals surface area contributed by atoms with Gasteiger partial charge in [-0.25, -0.2) is 4.98 Å². The average Bonchev–Trinajstić information content (AvgIpc) is 2.17. The largest absolute Gasteiger partial charge is 0.367 e. The highest BCUT2D eigenvalue weighted by Crippen LogP contribution is 2.19. The van der Waals surface area contributed by atoms with Crippen LogP contribution in [0.25, 0.3) is 0 Å². The van der Waals surface area contributed by atoms with E-state index in [4.69, 9.17) is 5.73 Å². The summed E-state index contributed by atoms with van der Waals surface area (Å²) in [5.74, 6) is 0.803. The number of nitrogens with two attached hydrogens (primary N) is 1. The van der Waals surface area contributed by atoms with Crippen LogP contribution in [-0.4, -0.2) is 22.6 Å². The van der Waals surface area contributed by atoms with Crippen molar-refractivity contribution in [2.45, 2.75) is 47.1 Å². The summed E-state index contributed by atoms with van der Waals surface area (Å²) < 4.78 is 0. The van der Waals surface area contributed by atoms with Gasteiger partial charge in [-0.05, 0) is 25.7 Å². The van der Waals surface area contributed by atoms with Gasteiger partial charge >= 0.3 is 0 Å². The number of hydrogen-bond donors (Lipinski definition) is 2. The molecule has 4 nitrogen and oxygen atoms in total. The van der Waals surface area contributed by atoms with Crippen molar-refractivity contribution in [1.82, 2.24) is 9.97 Å². The minimum atomic E-state index is 0.137. The normalized spacial score (nSPS) is 13.5. The number of nitrogens with zero attached hydrogens (tertiary/aromatic N) is 2. The van der Waals surface area contributed by atoms with Gasteiger partial charge in [0.1, 0.15) is 5.82 Å². The van der Waals surface area contributed by atoms with Gasteiger partial charge in [-0.1, -0.05) is 20.8 Å². The fourth-order valence-electron chi connectivity index (χ4n) is 1.72. The monoisotopic (exact) mass is 236 g/mol. The Morgan fingerprint density at radius 3 is 2.47 bits per heavy atom. The molecule has 1 rings (SSSR count).